The van der Waals surface area contributed by atoms with Gasteiger partial charge in [-0.15, -0.1) is 11.6 Å². The lowest BCUT2D eigenvalue weighted by Crippen LogP contribution is -2.34. The number of rotatable bonds is 3. The van der Waals surface area contributed by atoms with Gasteiger partial charge in [-0.05, 0) is 38.0 Å². The number of benzene rings is 1. The number of halogens is 2. The Morgan fingerprint density at radius 2 is 2.10 bits per heavy atom. The summed E-state index contributed by atoms with van der Waals surface area (Å²) >= 11 is 12.0. The van der Waals surface area contributed by atoms with Gasteiger partial charge in [0.2, 0.25) is 5.91 Å². The molecule has 1 unspecified atom stereocenters. The molecule has 1 amide bonds. The van der Waals surface area contributed by atoms with Gasteiger partial charge in [-0.1, -0.05) is 11.6 Å². The number of alkyl halides is 1. The maximum Gasteiger partial charge on any atom is 0.245 e. The van der Waals surface area contributed by atoms with Crippen LogP contribution in [0, 0.1) is 0 Å². The number of carbonyl (C=O) groups excluding carboxylic acids is 1. The summed E-state index contributed by atoms with van der Waals surface area (Å²) in [6.45, 7) is 3.60. The molecule has 3 rings (SSSR count). The highest BCUT2D eigenvalue weighted by molar-refractivity contribution is 6.31. The van der Waals surface area contributed by atoms with Crippen molar-refractivity contribution in [2.24, 2.45) is 0 Å². The Kier molecular flexibility index (Phi) is 4.09. The predicted octanol–water partition coefficient (Wildman–Crippen LogP) is 3.61. The number of aromatic nitrogens is 2. The van der Waals surface area contributed by atoms with E-state index in [1.807, 2.05) is 28.5 Å². The van der Waals surface area contributed by atoms with Crippen molar-refractivity contribution >= 4 is 40.1 Å². The minimum Gasteiger partial charge on any atom is -0.341 e. The van der Waals surface area contributed by atoms with Gasteiger partial charge in [-0.3, -0.25) is 4.79 Å². The van der Waals surface area contributed by atoms with E-state index in [4.69, 9.17) is 23.2 Å². The maximum atomic E-state index is 12.6. The van der Waals surface area contributed by atoms with Gasteiger partial charge in [-0.2, -0.15) is 0 Å². The second-order valence-electron chi connectivity index (χ2n) is 5.37. The average molecular weight is 326 g/mol. The number of fused-ring (bicyclic) bond motifs is 1. The molecule has 1 aliphatic rings. The molecule has 0 bridgehead atoms. The van der Waals surface area contributed by atoms with E-state index in [1.54, 1.807) is 6.07 Å². The van der Waals surface area contributed by atoms with Crippen LogP contribution in [0.1, 0.15) is 31.6 Å². The van der Waals surface area contributed by atoms with Crippen molar-refractivity contribution in [2.75, 3.05) is 13.1 Å². The monoisotopic (exact) mass is 325 g/mol. The van der Waals surface area contributed by atoms with Gasteiger partial charge in [0, 0.05) is 18.1 Å². The van der Waals surface area contributed by atoms with E-state index in [-0.39, 0.29) is 17.8 Å². The van der Waals surface area contributed by atoms with Gasteiger partial charge in [0.05, 0.1) is 16.9 Å². The Morgan fingerprint density at radius 1 is 1.38 bits per heavy atom. The molecule has 0 spiro atoms. The standard InChI is InChI=1S/C15H17Cl2N3O/c1-10(15(21)19-6-2-3-7-19)20-13-5-4-11(17)8-12(13)18-14(20)9-16/h4-5,8,10H,2-3,6-7,9H2,1H3. The fraction of sp³-hybridized carbons (Fsp3) is 0.467. The zero-order chi connectivity index (χ0) is 15.0. The summed E-state index contributed by atoms with van der Waals surface area (Å²) in [7, 11) is 0. The quantitative estimate of drug-likeness (QED) is 0.808. The molecule has 1 atom stereocenters. The molecule has 4 nitrogen and oxygen atoms in total. The number of amides is 1. The van der Waals surface area contributed by atoms with Crippen molar-refractivity contribution in [2.45, 2.75) is 31.7 Å². The van der Waals surface area contributed by atoms with E-state index in [2.05, 4.69) is 4.98 Å². The molecule has 2 aromatic rings. The third-order valence-electron chi connectivity index (χ3n) is 4.01. The van der Waals surface area contributed by atoms with E-state index >= 15 is 0 Å². The molecule has 1 aromatic heterocycles. The molecule has 0 radical (unpaired) electrons. The van der Waals surface area contributed by atoms with Crippen LogP contribution in [0.4, 0.5) is 0 Å². The third kappa shape index (κ3) is 2.62. The molecule has 1 fully saturated rings. The van der Waals surface area contributed by atoms with Crippen molar-refractivity contribution in [1.29, 1.82) is 0 Å². The lowest BCUT2D eigenvalue weighted by atomic mass is 10.2. The zero-order valence-electron chi connectivity index (χ0n) is 11.9. The summed E-state index contributed by atoms with van der Waals surface area (Å²) in [5.74, 6) is 1.10. The summed E-state index contributed by atoms with van der Waals surface area (Å²) in [4.78, 5) is 19.0. The molecule has 0 saturated carbocycles. The van der Waals surface area contributed by atoms with Crippen LogP contribution in [0.5, 0.6) is 0 Å². The Morgan fingerprint density at radius 3 is 2.76 bits per heavy atom. The van der Waals surface area contributed by atoms with Crippen LogP contribution in [0.3, 0.4) is 0 Å². The van der Waals surface area contributed by atoms with Crippen LogP contribution in [-0.2, 0) is 10.7 Å². The molecule has 2 heterocycles. The molecule has 1 aliphatic heterocycles. The molecule has 1 aromatic carbocycles. The van der Waals surface area contributed by atoms with Gasteiger partial charge < -0.3 is 9.47 Å². The second kappa shape index (κ2) is 5.85. The molecule has 112 valence electrons. The highest BCUT2D eigenvalue weighted by Gasteiger charge is 2.27. The summed E-state index contributed by atoms with van der Waals surface area (Å²) in [5.41, 5.74) is 1.68. The Hall–Kier alpha value is -1.26. The third-order valence-corrected chi connectivity index (χ3v) is 4.48. The van der Waals surface area contributed by atoms with Crippen molar-refractivity contribution in [3.05, 3.63) is 29.0 Å². The Balaban J connectivity index is 2.03. The Labute approximate surface area is 133 Å². The van der Waals surface area contributed by atoms with E-state index in [9.17, 15) is 4.79 Å². The minimum atomic E-state index is -0.303. The Bertz CT molecular complexity index is 677. The normalized spacial score (nSPS) is 16.6. The first-order chi connectivity index (χ1) is 10.1. The minimum absolute atomic E-state index is 0.133. The zero-order valence-corrected chi connectivity index (χ0v) is 13.4. The summed E-state index contributed by atoms with van der Waals surface area (Å²) in [5, 5.41) is 0.631. The van der Waals surface area contributed by atoms with Gasteiger partial charge in [0.1, 0.15) is 11.9 Å². The van der Waals surface area contributed by atoms with Crippen LogP contribution in [0.25, 0.3) is 11.0 Å². The molecule has 6 heteroatoms. The first-order valence-corrected chi connectivity index (χ1v) is 8.04. The van der Waals surface area contributed by atoms with Crippen molar-refractivity contribution < 1.29 is 4.79 Å². The summed E-state index contributed by atoms with van der Waals surface area (Å²) in [6, 6.07) is 5.21. The van der Waals surface area contributed by atoms with E-state index in [1.165, 1.54) is 0 Å². The van der Waals surface area contributed by atoms with Crippen molar-refractivity contribution in [3.8, 4) is 0 Å². The van der Waals surface area contributed by atoms with Crippen molar-refractivity contribution in [3.63, 3.8) is 0 Å². The van der Waals surface area contributed by atoms with Crippen LogP contribution in [-0.4, -0.2) is 33.4 Å². The number of carbonyl (C=O) groups is 1. The highest BCUT2D eigenvalue weighted by atomic mass is 35.5. The maximum absolute atomic E-state index is 12.6. The van der Waals surface area contributed by atoms with E-state index in [0.29, 0.717) is 10.8 Å². The van der Waals surface area contributed by atoms with Gasteiger partial charge in [-0.25, -0.2) is 4.98 Å². The number of hydrogen-bond acceptors (Lipinski definition) is 2. The molecule has 1 saturated heterocycles. The van der Waals surface area contributed by atoms with Gasteiger partial charge >= 0.3 is 0 Å². The molecule has 21 heavy (non-hydrogen) atoms. The number of hydrogen-bond donors (Lipinski definition) is 0. The van der Waals surface area contributed by atoms with Gasteiger partial charge in [0.25, 0.3) is 0 Å². The summed E-state index contributed by atoms with van der Waals surface area (Å²) in [6.07, 6.45) is 2.17. The lowest BCUT2D eigenvalue weighted by Gasteiger charge is -2.23. The van der Waals surface area contributed by atoms with Crippen LogP contribution >= 0.6 is 23.2 Å². The molecular formula is C15H17Cl2N3O. The first kappa shape index (κ1) is 14.7. The first-order valence-electron chi connectivity index (χ1n) is 7.13. The van der Waals surface area contributed by atoms with E-state index in [0.717, 1.165) is 37.0 Å². The highest BCUT2D eigenvalue weighted by Crippen LogP contribution is 2.26. The second-order valence-corrected chi connectivity index (χ2v) is 6.08. The predicted molar refractivity (Wildman–Crippen MR) is 84.8 cm³/mol. The molecule has 0 aliphatic carbocycles. The van der Waals surface area contributed by atoms with E-state index < -0.39 is 0 Å². The van der Waals surface area contributed by atoms with Crippen LogP contribution < -0.4 is 0 Å². The van der Waals surface area contributed by atoms with Crippen LogP contribution in [0.15, 0.2) is 18.2 Å². The number of imidazole rings is 1. The van der Waals surface area contributed by atoms with Gasteiger partial charge in [0.15, 0.2) is 0 Å². The molecule has 0 N–H and O–H groups in total. The lowest BCUT2D eigenvalue weighted by molar-refractivity contribution is -0.133. The summed E-state index contributed by atoms with van der Waals surface area (Å²) < 4.78 is 1.93. The average Bonchev–Trinajstić information content (AvgIpc) is 3.12. The topological polar surface area (TPSA) is 38.1 Å². The fourth-order valence-corrected chi connectivity index (χ4v) is 3.32. The largest absolute Gasteiger partial charge is 0.341 e. The number of likely N-dealkylation sites (tertiary alicyclic amines) is 1. The van der Waals surface area contributed by atoms with Crippen molar-refractivity contribution in [1.82, 2.24) is 14.5 Å². The number of nitrogens with zero attached hydrogens (tertiary/aromatic N) is 3. The van der Waals surface area contributed by atoms with Crippen LogP contribution in [0.2, 0.25) is 5.02 Å². The smallest absolute Gasteiger partial charge is 0.245 e. The fourth-order valence-electron chi connectivity index (χ4n) is 2.96. The molecular weight excluding hydrogens is 309 g/mol. The SMILES string of the molecule is CC(C(=O)N1CCCC1)n1c(CCl)nc2cc(Cl)ccc21.